The van der Waals surface area contributed by atoms with Crippen molar-refractivity contribution in [3.63, 3.8) is 0 Å². The fourth-order valence-corrected chi connectivity index (χ4v) is 3.10. The summed E-state index contributed by atoms with van der Waals surface area (Å²) < 4.78 is 7.81. The lowest BCUT2D eigenvalue weighted by atomic mass is 10.2. The van der Waals surface area contributed by atoms with Gasteiger partial charge in [-0.15, -0.1) is 0 Å². The molecular weight excluding hydrogens is 382 g/mol. The van der Waals surface area contributed by atoms with E-state index in [1.165, 1.54) is 0 Å². The van der Waals surface area contributed by atoms with Gasteiger partial charge in [0.1, 0.15) is 6.04 Å². The maximum Gasteiger partial charge on any atom is 0.266 e. The van der Waals surface area contributed by atoms with Crippen molar-refractivity contribution in [3.05, 3.63) is 69.2 Å². The number of ether oxygens (including phenoxy) is 1. The number of benzene rings is 2. The van der Waals surface area contributed by atoms with Gasteiger partial charge < -0.3 is 10.1 Å². The Morgan fingerprint density at radius 2 is 1.92 bits per heavy atom. The number of nitrogens with zero attached hydrogens (tertiary/aromatic N) is 2. The second-order valence-electron chi connectivity index (χ2n) is 5.91. The van der Waals surface area contributed by atoms with Gasteiger partial charge in [0.05, 0.1) is 29.7 Å². The normalized spacial score (nSPS) is 12.4. The topological polar surface area (TPSA) is 60.7 Å². The molecule has 2 aromatic carbocycles. The second kappa shape index (κ2) is 7.91. The molecular formula is C19H21BrN3O2+. The number of methoxy groups -OCH3 is 1. The van der Waals surface area contributed by atoms with Crippen LogP contribution in [0, 0.1) is 0 Å². The number of hydrogen-bond donors (Lipinski definition) is 1. The molecule has 0 aliphatic carbocycles. The number of para-hydroxylation sites is 1. The van der Waals surface area contributed by atoms with Gasteiger partial charge >= 0.3 is 0 Å². The average Bonchev–Trinajstić information content (AvgIpc) is 2.63. The van der Waals surface area contributed by atoms with Crippen LogP contribution < -0.4 is 10.9 Å². The smallest absolute Gasteiger partial charge is 0.266 e. The van der Waals surface area contributed by atoms with Crippen molar-refractivity contribution in [1.82, 2.24) is 9.55 Å². The summed E-state index contributed by atoms with van der Waals surface area (Å²) in [5.41, 5.74) is 1.49. The van der Waals surface area contributed by atoms with E-state index in [-0.39, 0.29) is 11.6 Å². The van der Waals surface area contributed by atoms with E-state index < -0.39 is 0 Å². The maximum absolute atomic E-state index is 13.1. The number of fused-ring (bicyclic) bond motifs is 1. The van der Waals surface area contributed by atoms with Crippen LogP contribution in [0.5, 0.6) is 0 Å². The Labute approximate surface area is 154 Å². The first kappa shape index (κ1) is 17.8. The Kier molecular flexibility index (Phi) is 5.63. The monoisotopic (exact) mass is 402 g/mol. The van der Waals surface area contributed by atoms with E-state index in [1.807, 2.05) is 48.5 Å². The zero-order valence-corrected chi connectivity index (χ0v) is 15.9. The fourth-order valence-electron chi connectivity index (χ4n) is 2.84. The minimum absolute atomic E-state index is 0.0242. The van der Waals surface area contributed by atoms with E-state index in [4.69, 9.17) is 9.72 Å². The predicted molar refractivity (Wildman–Crippen MR) is 102 cm³/mol. The molecule has 1 heterocycles. The zero-order valence-electron chi connectivity index (χ0n) is 14.3. The van der Waals surface area contributed by atoms with Crippen LogP contribution >= 0.6 is 15.9 Å². The molecule has 0 saturated heterocycles. The molecule has 1 aromatic heterocycles. The molecule has 6 heteroatoms. The Bertz CT molecular complexity index is 922. The van der Waals surface area contributed by atoms with Crippen molar-refractivity contribution >= 4 is 26.8 Å². The molecule has 5 nitrogen and oxygen atoms in total. The van der Waals surface area contributed by atoms with Gasteiger partial charge in [-0.2, -0.15) is 0 Å². The third-order valence-corrected chi connectivity index (χ3v) is 4.66. The van der Waals surface area contributed by atoms with Gasteiger partial charge in [-0.1, -0.05) is 28.1 Å². The highest BCUT2D eigenvalue weighted by Crippen LogP contribution is 2.18. The van der Waals surface area contributed by atoms with Crippen molar-refractivity contribution in [2.45, 2.75) is 13.0 Å². The van der Waals surface area contributed by atoms with Crippen molar-refractivity contribution < 1.29 is 10.1 Å². The molecule has 130 valence electrons. The molecule has 0 aliphatic rings. The van der Waals surface area contributed by atoms with Gasteiger partial charge in [0.2, 0.25) is 0 Å². The number of nitrogens with two attached hydrogens (primary N) is 1. The zero-order chi connectivity index (χ0) is 17.8. The van der Waals surface area contributed by atoms with E-state index in [1.54, 1.807) is 11.7 Å². The largest absolute Gasteiger partial charge is 0.379 e. The minimum Gasteiger partial charge on any atom is -0.379 e. The minimum atomic E-state index is -0.0464. The molecule has 3 rings (SSSR count). The third-order valence-electron chi connectivity index (χ3n) is 4.14. The molecule has 1 atom stereocenters. The molecule has 0 fully saturated rings. The van der Waals surface area contributed by atoms with Crippen LogP contribution in [-0.4, -0.2) is 29.8 Å². The van der Waals surface area contributed by atoms with Gasteiger partial charge in [0, 0.05) is 11.6 Å². The predicted octanol–water partition coefficient (Wildman–Crippen LogP) is 2.42. The molecule has 2 N–H and O–H groups in total. The van der Waals surface area contributed by atoms with E-state index in [0.29, 0.717) is 12.0 Å². The molecule has 0 unspecified atom stereocenters. The summed E-state index contributed by atoms with van der Waals surface area (Å²) in [7, 11) is 1.69. The van der Waals surface area contributed by atoms with Crippen LogP contribution in [0.1, 0.15) is 18.8 Å². The number of rotatable bonds is 6. The number of hydrogen-bond acceptors (Lipinski definition) is 3. The van der Waals surface area contributed by atoms with Gasteiger partial charge in [-0.3, -0.25) is 9.36 Å². The van der Waals surface area contributed by atoms with Crippen LogP contribution in [-0.2, 0) is 4.74 Å². The average molecular weight is 403 g/mol. The van der Waals surface area contributed by atoms with E-state index in [0.717, 1.165) is 28.0 Å². The molecule has 0 aliphatic heterocycles. The van der Waals surface area contributed by atoms with E-state index in [2.05, 4.69) is 28.2 Å². The van der Waals surface area contributed by atoms with Crippen LogP contribution in [0.2, 0.25) is 0 Å². The first-order valence-corrected chi connectivity index (χ1v) is 9.01. The Balaban J connectivity index is 2.17. The van der Waals surface area contributed by atoms with Crippen LogP contribution in [0.4, 0.5) is 0 Å². The van der Waals surface area contributed by atoms with Crippen LogP contribution in [0.3, 0.4) is 0 Å². The highest BCUT2D eigenvalue weighted by molar-refractivity contribution is 9.10. The Hall–Kier alpha value is -2.02. The lowest BCUT2D eigenvalue weighted by Gasteiger charge is -2.17. The van der Waals surface area contributed by atoms with Crippen LogP contribution in [0.25, 0.3) is 16.6 Å². The van der Waals surface area contributed by atoms with E-state index >= 15 is 0 Å². The molecule has 0 amide bonds. The fraction of sp³-hybridized carbons (Fsp3) is 0.263. The van der Waals surface area contributed by atoms with E-state index in [9.17, 15) is 4.79 Å². The molecule has 3 aromatic rings. The van der Waals surface area contributed by atoms with Gasteiger partial charge in [-0.25, -0.2) is 4.98 Å². The summed E-state index contributed by atoms with van der Waals surface area (Å²) in [6, 6.07) is 15.2. The lowest BCUT2D eigenvalue weighted by Crippen LogP contribution is -2.86. The van der Waals surface area contributed by atoms with Crippen molar-refractivity contribution in [2.75, 3.05) is 20.3 Å². The van der Waals surface area contributed by atoms with Gasteiger partial charge in [0.15, 0.2) is 5.82 Å². The maximum atomic E-state index is 13.1. The molecule has 25 heavy (non-hydrogen) atoms. The van der Waals surface area contributed by atoms with Crippen molar-refractivity contribution in [1.29, 1.82) is 0 Å². The van der Waals surface area contributed by atoms with Crippen molar-refractivity contribution in [2.24, 2.45) is 0 Å². The summed E-state index contributed by atoms with van der Waals surface area (Å²) in [6.07, 6.45) is 0. The van der Waals surface area contributed by atoms with Gasteiger partial charge in [-0.05, 0) is 43.3 Å². The first-order valence-electron chi connectivity index (χ1n) is 8.21. The number of quaternary nitrogens is 1. The SMILES string of the molecule is COCC[NH2+][C@H](C)c1nc2ccccc2c(=O)n1-c1ccc(Br)cc1. The molecule has 0 bridgehead atoms. The summed E-state index contributed by atoms with van der Waals surface area (Å²) >= 11 is 3.44. The Morgan fingerprint density at radius 3 is 2.64 bits per heavy atom. The molecule has 0 saturated carbocycles. The highest BCUT2D eigenvalue weighted by atomic mass is 79.9. The lowest BCUT2D eigenvalue weighted by molar-refractivity contribution is -0.695. The van der Waals surface area contributed by atoms with Gasteiger partial charge in [0.25, 0.3) is 5.56 Å². The summed E-state index contributed by atoms with van der Waals surface area (Å²) in [5.74, 6) is 0.738. The summed E-state index contributed by atoms with van der Waals surface area (Å²) in [5, 5.41) is 2.76. The molecule has 0 spiro atoms. The Morgan fingerprint density at radius 1 is 1.20 bits per heavy atom. The highest BCUT2D eigenvalue weighted by Gasteiger charge is 2.19. The quantitative estimate of drug-likeness (QED) is 0.644. The standard InChI is InChI=1S/C19H20BrN3O2/c1-13(21-11-12-25-2)18-22-17-6-4-3-5-16(17)19(24)23(18)15-9-7-14(20)8-10-15/h3-10,13,21H,11-12H2,1-2H3/p+1/t13-/m1/s1. The molecule has 0 radical (unpaired) electrons. The summed E-state index contributed by atoms with van der Waals surface area (Å²) in [4.78, 5) is 17.9. The third kappa shape index (κ3) is 3.81. The summed E-state index contributed by atoms with van der Waals surface area (Å²) in [6.45, 7) is 3.52. The first-order chi connectivity index (χ1) is 12.1. The van der Waals surface area contributed by atoms with Crippen molar-refractivity contribution in [3.8, 4) is 5.69 Å². The van der Waals surface area contributed by atoms with Crippen LogP contribution in [0.15, 0.2) is 57.8 Å². The number of halogens is 1. The second-order valence-corrected chi connectivity index (χ2v) is 6.83. The number of aromatic nitrogens is 2.